The van der Waals surface area contributed by atoms with E-state index in [1.807, 2.05) is 25.1 Å². The molecular weight excluding hydrogens is 248 g/mol. The van der Waals surface area contributed by atoms with Crippen molar-refractivity contribution in [2.75, 3.05) is 11.9 Å². The summed E-state index contributed by atoms with van der Waals surface area (Å²) in [5, 5.41) is 9.95. The topological polar surface area (TPSA) is 72.2 Å². The van der Waals surface area contributed by atoms with Gasteiger partial charge in [0.1, 0.15) is 4.90 Å². The second-order valence-electron chi connectivity index (χ2n) is 4.14. The van der Waals surface area contributed by atoms with Crippen molar-refractivity contribution >= 4 is 26.5 Å². The third kappa shape index (κ3) is 2.47. The zero-order chi connectivity index (χ0) is 13.2. The molecule has 0 bridgehead atoms. The van der Waals surface area contributed by atoms with Crippen molar-refractivity contribution < 1.29 is 8.42 Å². The molecule has 4 nitrogen and oxygen atoms in total. The summed E-state index contributed by atoms with van der Waals surface area (Å²) in [6.45, 7) is 2.73. The minimum Gasteiger partial charge on any atom is -0.384 e. The fourth-order valence-electron chi connectivity index (χ4n) is 1.95. The third-order valence-electron chi connectivity index (χ3n) is 2.73. The number of rotatable bonds is 4. The molecule has 0 saturated carbocycles. The Hall–Kier alpha value is -1.59. The largest absolute Gasteiger partial charge is 0.384 e. The Morgan fingerprint density at radius 1 is 1.17 bits per heavy atom. The molecule has 0 aliphatic carbocycles. The lowest BCUT2D eigenvalue weighted by Crippen LogP contribution is -2.16. The van der Waals surface area contributed by atoms with E-state index >= 15 is 0 Å². The average Bonchev–Trinajstić information content (AvgIpc) is 2.34. The van der Waals surface area contributed by atoms with E-state index < -0.39 is 10.0 Å². The summed E-state index contributed by atoms with van der Waals surface area (Å²) in [4.78, 5) is 0.175. The number of nitrogens with two attached hydrogens (primary N) is 1. The van der Waals surface area contributed by atoms with Gasteiger partial charge in [-0.25, -0.2) is 13.6 Å². The second-order valence-corrected chi connectivity index (χ2v) is 5.63. The van der Waals surface area contributed by atoms with Gasteiger partial charge in [0.25, 0.3) is 0 Å². The fraction of sp³-hybridized carbons (Fsp3) is 0.231. The number of benzene rings is 2. The maximum atomic E-state index is 11.8. The number of primary sulfonamides is 1. The normalized spacial score (nSPS) is 11.7. The van der Waals surface area contributed by atoms with Crippen LogP contribution in [0.4, 0.5) is 5.69 Å². The van der Waals surface area contributed by atoms with Gasteiger partial charge in [-0.1, -0.05) is 37.3 Å². The summed E-state index contributed by atoms with van der Waals surface area (Å²) in [5.41, 5.74) is 0.568. The highest BCUT2D eigenvalue weighted by Crippen LogP contribution is 2.29. The predicted molar refractivity (Wildman–Crippen MR) is 74.1 cm³/mol. The van der Waals surface area contributed by atoms with Gasteiger partial charge in [0.05, 0.1) is 5.69 Å². The number of sulfonamides is 1. The number of hydrogen-bond donors (Lipinski definition) is 2. The molecule has 0 spiro atoms. The molecule has 0 saturated heterocycles. The number of hydrogen-bond acceptors (Lipinski definition) is 3. The van der Waals surface area contributed by atoms with Crippen LogP contribution in [0.2, 0.25) is 0 Å². The summed E-state index contributed by atoms with van der Waals surface area (Å²) >= 11 is 0. The van der Waals surface area contributed by atoms with Crippen molar-refractivity contribution in [3.05, 3.63) is 36.4 Å². The van der Waals surface area contributed by atoms with Gasteiger partial charge in [-0.3, -0.25) is 0 Å². The molecular formula is C13H16N2O2S. The molecule has 5 heteroatoms. The molecule has 0 aliphatic rings. The molecule has 96 valence electrons. The first-order valence-corrected chi connectivity index (χ1v) is 7.37. The van der Waals surface area contributed by atoms with Gasteiger partial charge in [-0.05, 0) is 17.9 Å². The van der Waals surface area contributed by atoms with Gasteiger partial charge in [0.2, 0.25) is 10.0 Å². The Morgan fingerprint density at radius 3 is 2.56 bits per heavy atom. The summed E-state index contributed by atoms with van der Waals surface area (Å²) < 4.78 is 23.5. The van der Waals surface area contributed by atoms with Crippen molar-refractivity contribution in [2.45, 2.75) is 18.2 Å². The highest BCUT2D eigenvalue weighted by Gasteiger charge is 2.17. The van der Waals surface area contributed by atoms with Crippen LogP contribution in [0.5, 0.6) is 0 Å². The molecule has 3 N–H and O–H groups in total. The first-order chi connectivity index (χ1) is 8.54. The molecule has 0 heterocycles. The summed E-state index contributed by atoms with van der Waals surface area (Å²) in [7, 11) is -3.75. The summed E-state index contributed by atoms with van der Waals surface area (Å²) in [6.07, 6.45) is 0.914. The van der Waals surface area contributed by atoms with Crippen LogP contribution in [-0.4, -0.2) is 15.0 Å². The van der Waals surface area contributed by atoms with Crippen molar-refractivity contribution in [3.8, 4) is 0 Å². The van der Waals surface area contributed by atoms with Crippen molar-refractivity contribution in [3.63, 3.8) is 0 Å². The van der Waals surface area contributed by atoms with Gasteiger partial charge in [-0.2, -0.15) is 0 Å². The number of fused-ring (bicyclic) bond motifs is 1. The first kappa shape index (κ1) is 12.9. The fourth-order valence-corrected chi connectivity index (χ4v) is 2.89. The first-order valence-electron chi connectivity index (χ1n) is 5.82. The monoisotopic (exact) mass is 264 g/mol. The zero-order valence-electron chi connectivity index (χ0n) is 10.2. The summed E-state index contributed by atoms with van der Waals surface area (Å²) in [5.74, 6) is 0. The molecule has 0 amide bonds. The van der Waals surface area contributed by atoms with E-state index in [1.165, 1.54) is 0 Å². The van der Waals surface area contributed by atoms with Gasteiger partial charge < -0.3 is 5.32 Å². The Balaban J connectivity index is 2.72. The third-order valence-corrected chi connectivity index (χ3v) is 3.74. The van der Waals surface area contributed by atoms with E-state index in [0.717, 1.165) is 11.8 Å². The van der Waals surface area contributed by atoms with Gasteiger partial charge >= 0.3 is 0 Å². The molecule has 0 aromatic heterocycles. The molecule has 2 rings (SSSR count). The predicted octanol–water partition coefficient (Wildman–Crippen LogP) is 2.31. The van der Waals surface area contributed by atoms with Gasteiger partial charge in [-0.15, -0.1) is 0 Å². The SMILES string of the molecule is CCCNc1ccc2ccccc2c1S(N)(=O)=O. The highest BCUT2D eigenvalue weighted by molar-refractivity contribution is 7.89. The van der Waals surface area contributed by atoms with Crippen molar-refractivity contribution in [2.24, 2.45) is 5.14 Å². The van der Waals surface area contributed by atoms with E-state index in [9.17, 15) is 8.42 Å². The van der Waals surface area contributed by atoms with Crippen LogP contribution in [0, 0.1) is 0 Å². The van der Waals surface area contributed by atoms with Crippen molar-refractivity contribution in [1.82, 2.24) is 0 Å². The smallest absolute Gasteiger partial charge is 0.240 e. The Kier molecular flexibility index (Phi) is 3.54. The molecule has 2 aromatic carbocycles. The molecule has 0 radical (unpaired) electrons. The minimum absolute atomic E-state index is 0.175. The lowest BCUT2D eigenvalue weighted by atomic mass is 10.1. The standard InChI is InChI=1S/C13H16N2O2S/c1-2-9-15-12-8-7-10-5-3-4-6-11(10)13(12)18(14,16)17/h3-8,15H,2,9H2,1H3,(H2,14,16,17). The van der Waals surface area contributed by atoms with E-state index in [-0.39, 0.29) is 4.90 Å². The number of nitrogens with one attached hydrogen (secondary N) is 1. The van der Waals surface area contributed by atoms with Crippen LogP contribution in [0.25, 0.3) is 10.8 Å². The Bertz CT molecular complexity index is 666. The molecule has 0 fully saturated rings. The van der Waals surface area contributed by atoms with Crippen LogP contribution in [0.1, 0.15) is 13.3 Å². The lowest BCUT2D eigenvalue weighted by molar-refractivity contribution is 0.599. The van der Waals surface area contributed by atoms with Crippen LogP contribution < -0.4 is 10.5 Å². The van der Waals surface area contributed by atoms with Crippen molar-refractivity contribution in [1.29, 1.82) is 0 Å². The Labute approximate surface area is 107 Å². The average molecular weight is 264 g/mol. The molecule has 0 unspecified atom stereocenters. The van der Waals surface area contributed by atoms with Gasteiger partial charge in [0.15, 0.2) is 0 Å². The van der Waals surface area contributed by atoms with Crippen LogP contribution in [0.3, 0.4) is 0 Å². The molecule has 2 aromatic rings. The zero-order valence-corrected chi connectivity index (χ0v) is 11.0. The maximum absolute atomic E-state index is 11.8. The quantitative estimate of drug-likeness (QED) is 0.890. The van der Waals surface area contributed by atoms with Crippen LogP contribution in [0.15, 0.2) is 41.3 Å². The van der Waals surface area contributed by atoms with E-state index in [1.54, 1.807) is 18.2 Å². The van der Waals surface area contributed by atoms with E-state index in [0.29, 0.717) is 17.6 Å². The highest BCUT2D eigenvalue weighted by atomic mass is 32.2. The number of anilines is 1. The van der Waals surface area contributed by atoms with Crippen LogP contribution >= 0.6 is 0 Å². The van der Waals surface area contributed by atoms with Gasteiger partial charge in [0, 0.05) is 11.9 Å². The minimum atomic E-state index is -3.75. The lowest BCUT2D eigenvalue weighted by Gasteiger charge is -2.12. The van der Waals surface area contributed by atoms with Crippen LogP contribution in [-0.2, 0) is 10.0 Å². The van der Waals surface area contributed by atoms with E-state index in [4.69, 9.17) is 5.14 Å². The van der Waals surface area contributed by atoms with E-state index in [2.05, 4.69) is 5.32 Å². The molecule has 18 heavy (non-hydrogen) atoms. The maximum Gasteiger partial charge on any atom is 0.240 e. The second kappa shape index (κ2) is 4.96. The molecule has 0 aliphatic heterocycles. The Morgan fingerprint density at radius 2 is 1.89 bits per heavy atom. The molecule has 0 atom stereocenters. The summed E-state index contributed by atoms with van der Waals surface area (Å²) in [6, 6.07) is 11.0.